The smallest absolute Gasteiger partial charge is 0.353 e. The van der Waals surface area contributed by atoms with E-state index in [9.17, 15) is 19.8 Å². The number of nitrogens with zero attached hydrogens (tertiary/aromatic N) is 1. The van der Waals surface area contributed by atoms with Crippen molar-refractivity contribution in [1.29, 1.82) is 0 Å². The molecule has 0 bridgehead atoms. The summed E-state index contributed by atoms with van der Waals surface area (Å²) in [5.74, 6) is -1.84. The first-order valence-corrected chi connectivity index (χ1v) is 7.15. The maximum Gasteiger partial charge on any atom is 0.353 e. The summed E-state index contributed by atoms with van der Waals surface area (Å²) in [6.07, 6.45) is -0.128. The van der Waals surface area contributed by atoms with Crippen LogP contribution in [0.4, 0.5) is 0 Å². The number of amides is 1. The minimum atomic E-state index is -1.06. The Morgan fingerprint density at radius 3 is 2.47 bits per heavy atom. The highest BCUT2D eigenvalue weighted by Gasteiger charge is 2.57. The molecule has 2 rings (SSSR count). The number of carboxylic acid groups (broad SMARTS) is 1. The van der Waals surface area contributed by atoms with Crippen LogP contribution in [-0.2, 0) is 9.59 Å². The van der Waals surface area contributed by atoms with Crippen molar-refractivity contribution in [3.63, 3.8) is 0 Å². The number of carbonyl (C=O) groups is 2. The zero-order valence-electron chi connectivity index (χ0n) is 11.5. The monoisotopic (exact) mass is 285 g/mol. The fourth-order valence-electron chi connectivity index (χ4n) is 2.46. The Labute approximate surface area is 116 Å². The van der Waals surface area contributed by atoms with Gasteiger partial charge in [0.15, 0.2) is 0 Å². The number of aliphatic carboxylic acids is 1. The molecule has 0 radical (unpaired) electrons. The van der Waals surface area contributed by atoms with Crippen molar-refractivity contribution >= 4 is 23.6 Å². The topological polar surface area (TPSA) is 77.8 Å². The van der Waals surface area contributed by atoms with Gasteiger partial charge in [-0.15, -0.1) is 11.8 Å². The van der Waals surface area contributed by atoms with Crippen LogP contribution in [0.3, 0.4) is 0 Å². The maximum atomic E-state index is 12.0. The highest BCUT2D eigenvalue weighted by atomic mass is 32.2. The molecule has 1 saturated heterocycles. The van der Waals surface area contributed by atoms with Crippen molar-refractivity contribution in [2.45, 2.75) is 45.6 Å². The van der Waals surface area contributed by atoms with Gasteiger partial charge in [-0.05, 0) is 18.8 Å². The van der Waals surface area contributed by atoms with Gasteiger partial charge in [-0.3, -0.25) is 9.69 Å². The van der Waals surface area contributed by atoms with Crippen LogP contribution in [0.25, 0.3) is 0 Å². The van der Waals surface area contributed by atoms with E-state index >= 15 is 0 Å². The number of β-lactam (4-membered cyclic amide) rings is 1. The van der Waals surface area contributed by atoms with Crippen LogP contribution in [0.5, 0.6) is 0 Å². The summed E-state index contributed by atoms with van der Waals surface area (Å²) in [6, 6.07) is 0. The molecule has 5 nitrogen and oxygen atoms in total. The molecule has 0 aliphatic carbocycles. The van der Waals surface area contributed by atoms with Crippen LogP contribution in [0, 0.1) is 11.3 Å². The van der Waals surface area contributed by atoms with Gasteiger partial charge >= 0.3 is 5.97 Å². The first-order valence-electron chi connectivity index (χ1n) is 6.28. The molecule has 2 heterocycles. The Morgan fingerprint density at radius 2 is 2.05 bits per heavy atom. The van der Waals surface area contributed by atoms with Crippen molar-refractivity contribution in [3.8, 4) is 0 Å². The van der Waals surface area contributed by atoms with E-state index in [1.165, 1.54) is 16.7 Å². The van der Waals surface area contributed by atoms with Gasteiger partial charge in [0, 0.05) is 4.91 Å². The largest absolute Gasteiger partial charge is 0.477 e. The van der Waals surface area contributed by atoms with E-state index in [1.54, 1.807) is 6.92 Å². The normalized spacial score (nSPS) is 28.3. The molecule has 2 N–H and O–H groups in total. The molecule has 0 aromatic rings. The molecule has 0 unspecified atom stereocenters. The van der Waals surface area contributed by atoms with Gasteiger partial charge in [-0.1, -0.05) is 20.8 Å². The number of aliphatic hydroxyl groups is 1. The first-order chi connectivity index (χ1) is 8.63. The predicted molar refractivity (Wildman–Crippen MR) is 72.1 cm³/mol. The van der Waals surface area contributed by atoms with Gasteiger partial charge < -0.3 is 10.2 Å². The number of rotatable bonds is 3. The van der Waals surface area contributed by atoms with Crippen molar-refractivity contribution in [2.75, 3.05) is 0 Å². The lowest BCUT2D eigenvalue weighted by molar-refractivity contribution is -0.156. The fraction of sp³-hybridized carbons (Fsp3) is 0.692. The van der Waals surface area contributed by atoms with Gasteiger partial charge in [-0.25, -0.2) is 4.79 Å². The minimum absolute atomic E-state index is 0.0443. The molecule has 0 aromatic carbocycles. The van der Waals surface area contributed by atoms with E-state index < -0.39 is 18.0 Å². The number of thioether (sulfide) groups is 1. The van der Waals surface area contributed by atoms with Crippen LogP contribution in [-0.4, -0.2) is 38.5 Å². The summed E-state index contributed by atoms with van der Waals surface area (Å²) in [5, 5.41) is 18.7. The molecular formula is C13H19NO4S. The number of allylic oxidation sites excluding steroid dienone is 1. The second-order valence-corrected chi connectivity index (χ2v) is 7.51. The third-order valence-corrected chi connectivity index (χ3v) is 4.63. The molecule has 6 heteroatoms. The molecular weight excluding hydrogens is 266 g/mol. The molecule has 19 heavy (non-hydrogen) atoms. The van der Waals surface area contributed by atoms with Gasteiger partial charge in [0.25, 0.3) is 0 Å². The Hall–Kier alpha value is -1.01. The number of hydrogen-bond acceptors (Lipinski definition) is 4. The standard InChI is InChI=1S/C13H19NO4S/c1-6(15)8-10(16)14-9(12(17)18)7(19-11(8)14)5-13(2,3)4/h6,8,11,15H,5H2,1-4H3,(H,17,18)/t6-,8+,11-/m1/s1. The molecule has 0 spiro atoms. The van der Waals surface area contributed by atoms with Gasteiger partial charge in [0.05, 0.1) is 12.0 Å². The third-order valence-electron chi connectivity index (χ3n) is 3.27. The van der Waals surface area contributed by atoms with E-state index in [2.05, 4.69) is 0 Å². The number of fused-ring (bicyclic) bond motifs is 1. The molecule has 1 fully saturated rings. The van der Waals surface area contributed by atoms with E-state index in [-0.39, 0.29) is 22.4 Å². The predicted octanol–water partition coefficient (Wildman–Crippen LogP) is 1.63. The second-order valence-electron chi connectivity index (χ2n) is 6.30. The molecule has 0 aromatic heterocycles. The van der Waals surface area contributed by atoms with Crippen molar-refractivity contribution in [3.05, 3.63) is 10.6 Å². The van der Waals surface area contributed by atoms with Gasteiger partial charge in [0.1, 0.15) is 11.1 Å². The van der Waals surface area contributed by atoms with E-state index in [0.717, 1.165) is 4.91 Å². The number of carboxylic acids is 1. The molecule has 3 atom stereocenters. The zero-order chi connectivity index (χ0) is 14.5. The summed E-state index contributed by atoms with van der Waals surface area (Å²) in [5.41, 5.74) is 0.0592. The molecule has 1 amide bonds. The van der Waals surface area contributed by atoms with Crippen molar-refractivity contribution in [1.82, 2.24) is 4.90 Å². The lowest BCUT2D eigenvalue weighted by Crippen LogP contribution is -2.60. The third kappa shape index (κ3) is 2.39. The van der Waals surface area contributed by atoms with Crippen LogP contribution in [0.15, 0.2) is 10.6 Å². The Kier molecular flexibility index (Phi) is 3.43. The zero-order valence-corrected chi connectivity index (χ0v) is 12.3. The van der Waals surface area contributed by atoms with E-state index in [4.69, 9.17) is 0 Å². The van der Waals surface area contributed by atoms with Crippen molar-refractivity contribution in [2.24, 2.45) is 11.3 Å². The Bertz CT molecular complexity index is 464. The average molecular weight is 285 g/mol. The second kappa shape index (κ2) is 4.52. The fourth-order valence-corrected chi connectivity index (χ4v) is 4.37. The molecule has 2 aliphatic rings. The number of carbonyl (C=O) groups excluding carboxylic acids is 1. The maximum absolute atomic E-state index is 12.0. The molecule has 0 saturated carbocycles. The van der Waals surface area contributed by atoms with E-state index in [1.807, 2.05) is 20.8 Å². The Morgan fingerprint density at radius 1 is 1.47 bits per heavy atom. The lowest BCUT2D eigenvalue weighted by Gasteiger charge is -2.43. The van der Waals surface area contributed by atoms with Crippen molar-refractivity contribution < 1.29 is 19.8 Å². The highest BCUT2D eigenvalue weighted by molar-refractivity contribution is 8.04. The summed E-state index contributed by atoms with van der Waals surface area (Å²) in [4.78, 5) is 25.4. The van der Waals surface area contributed by atoms with Crippen LogP contribution < -0.4 is 0 Å². The highest BCUT2D eigenvalue weighted by Crippen LogP contribution is 2.52. The number of hydrogen-bond donors (Lipinski definition) is 2. The molecule has 106 valence electrons. The van der Waals surface area contributed by atoms with Crippen LogP contribution in [0.2, 0.25) is 0 Å². The van der Waals surface area contributed by atoms with Gasteiger partial charge in [-0.2, -0.15) is 0 Å². The summed E-state index contributed by atoms with van der Waals surface area (Å²) >= 11 is 1.41. The Balaban J connectivity index is 2.29. The first kappa shape index (κ1) is 14.4. The van der Waals surface area contributed by atoms with Crippen LogP contribution >= 0.6 is 11.8 Å². The van der Waals surface area contributed by atoms with Crippen LogP contribution in [0.1, 0.15) is 34.1 Å². The van der Waals surface area contributed by atoms with E-state index in [0.29, 0.717) is 6.42 Å². The lowest BCUT2D eigenvalue weighted by atomic mass is 9.90. The van der Waals surface area contributed by atoms with Gasteiger partial charge in [0.2, 0.25) is 5.91 Å². The summed E-state index contributed by atoms with van der Waals surface area (Å²) in [6.45, 7) is 7.67. The summed E-state index contributed by atoms with van der Waals surface area (Å²) < 4.78 is 0. The quantitative estimate of drug-likeness (QED) is 0.771. The average Bonchev–Trinajstić information content (AvgIpc) is 2.49. The number of aliphatic hydroxyl groups excluding tert-OH is 1. The summed E-state index contributed by atoms with van der Waals surface area (Å²) in [7, 11) is 0. The SMILES string of the molecule is C[C@@H](O)[C@H]1C(=O)N2C(C(=O)O)=C(CC(C)(C)C)S[C@H]12. The minimum Gasteiger partial charge on any atom is -0.477 e. The molecule has 2 aliphatic heterocycles.